The lowest BCUT2D eigenvalue weighted by atomic mass is 10.2. The van der Waals surface area contributed by atoms with E-state index in [4.69, 9.17) is 0 Å². The molecule has 0 saturated heterocycles. The molecule has 3 nitrogen and oxygen atoms in total. The summed E-state index contributed by atoms with van der Waals surface area (Å²) in [6, 6.07) is 9.76. The van der Waals surface area contributed by atoms with Crippen LogP contribution in [0, 0.1) is 6.07 Å². The maximum absolute atomic E-state index is 11.4. The predicted octanol–water partition coefficient (Wildman–Crippen LogP) is 0.878. The van der Waals surface area contributed by atoms with Crippen molar-refractivity contribution in [3.8, 4) is 0 Å². The minimum absolute atomic E-state index is 0.0503. The van der Waals surface area contributed by atoms with Gasteiger partial charge in [-0.05, 0) is 11.6 Å². The summed E-state index contributed by atoms with van der Waals surface area (Å²) < 4.78 is 24.1. The molecule has 0 aliphatic rings. The van der Waals surface area contributed by atoms with E-state index in [-0.39, 0.29) is 5.75 Å². The Morgan fingerprint density at radius 3 is 2.31 bits per heavy atom. The highest BCUT2D eigenvalue weighted by Crippen LogP contribution is 2.06. The predicted molar refractivity (Wildman–Crippen MR) is 51.6 cm³/mol. The molecule has 0 aliphatic carbocycles. The second-order valence-corrected chi connectivity index (χ2v) is 5.13. The molecule has 0 bridgehead atoms. The lowest BCUT2D eigenvalue weighted by Gasteiger charge is -2.10. The highest BCUT2D eigenvalue weighted by atomic mass is 32.2. The third-order valence-corrected chi connectivity index (χ3v) is 3.50. The molecule has 0 aliphatic heterocycles. The molecule has 4 heteroatoms. The number of nitrogens with zero attached hydrogens (tertiary/aromatic N) is 1. The third kappa shape index (κ3) is 2.82. The van der Waals surface area contributed by atoms with Crippen LogP contribution in [0.1, 0.15) is 5.56 Å². The zero-order valence-electron chi connectivity index (χ0n) is 7.69. The van der Waals surface area contributed by atoms with E-state index in [1.807, 2.05) is 0 Å². The van der Waals surface area contributed by atoms with Gasteiger partial charge in [0.25, 0.3) is 0 Å². The maximum Gasteiger partial charge on any atom is 0.217 e. The van der Waals surface area contributed by atoms with E-state index in [1.165, 1.54) is 18.4 Å². The van der Waals surface area contributed by atoms with Crippen LogP contribution >= 0.6 is 0 Å². The smallest absolute Gasteiger partial charge is 0.212 e. The summed E-state index contributed by atoms with van der Waals surface area (Å²) >= 11 is 0. The van der Waals surface area contributed by atoms with E-state index in [9.17, 15) is 8.42 Å². The first-order chi connectivity index (χ1) is 6.02. The van der Waals surface area contributed by atoms with E-state index >= 15 is 0 Å². The minimum atomic E-state index is -3.13. The van der Waals surface area contributed by atoms with E-state index in [2.05, 4.69) is 6.07 Å². The molecule has 0 spiro atoms. The second-order valence-electron chi connectivity index (χ2n) is 2.95. The van der Waals surface area contributed by atoms with Gasteiger partial charge in [-0.2, -0.15) is 0 Å². The Bertz CT molecular complexity index is 356. The molecule has 0 amide bonds. The average molecular weight is 198 g/mol. The molecule has 1 radical (unpaired) electrons. The highest BCUT2D eigenvalue weighted by molar-refractivity contribution is 7.88. The molecule has 71 valence electrons. The Balaban J connectivity index is 2.82. The molecule has 0 atom stereocenters. The Hall–Kier alpha value is -0.870. The molecule has 0 heterocycles. The highest BCUT2D eigenvalue weighted by Gasteiger charge is 2.13. The quantitative estimate of drug-likeness (QED) is 0.723. The molecular formula is C9H12NO2S. The fourth-order valence-electron chi connectivity index (χ4n) is 0.857. The SMILES string of the molecule is CN(C)S(=O)(=O)Cc1cc[c]cc1. The van der Waals surface area contributed by atoms with Crippen molar-refractivity contribution in [1.29, 1.82) is 0 Å². The van der Waals surface area contributed by atoms with E-state index in [1.54, 1.807) is 24.3 Å². The van der Waals surface area contributed by atoms with Crippen LogP contribution in [0.3, 0.4) is 0 Å². The summed E-state index contributed by atoms with van der Waals surface area (Å²) in [4.78, 5) is 0. The van der Waals surface area contributed by atoms with Crippen molar-refractivity contribution < 1.29 is 8.42 Å². The summed E-state index contributed by atoms with van der Waals surface area (Å²) in [6.07, 6.45) is 0. The number of hydrogen-bond acceptors (Lipinski definition) is 2. The van der Waals surface area contributed by atoms with Crippen molar-refractivity contribution in [2.45, 2.75) is 5.75 Å². The zero-order chi connectivity index (χ0) is 9.90. The molecule has 13 heavy (non-hydrogen) atoms. The summed E-state index contributed by atoms with van der Waals surface area (Å²) in [5, 5.41) is 0. The molecule has 0 fully saturated rings. The Kier molecular flexibility index (Phi) is 3.06. The molecule has 1 rings (SSSR count). The first kappa shape index (κ1) is 10.2. The van der Waals surface area contributed by atoms with Gasteiger partial charge in [0.2, 0.25) is 10.0 Å². The number of hydrogen-bond donors (Lipinski definition) is 0. The van der Waals surface area contributed by atoms with Crippen molar-refractivity contribution >= 4 is 10.0 Å². The van der Waals surface area contributed by atoms with Gasteiger partial charge in [0.1, 0.15) is 0 Å². The largest absolute Gasteiger partial charge is 0.217 e. The van der Waals surface area contributed by atoms with Gasteiger partial charge >= 0.3 is 0 Å². The van der Waals surface area contributed by atoms with Crippen molar-refractivity contribution in [2.24, 2.45) is 0 Å². The maximum atomic E-state index is 11.4. The number of benzene rings is 1. The normalized spacial score (nSPS) is 11.9. The van der Waals surface area contributed by atoms with Crippen LogP contribution in [0.4, 0.5) is 0 Å². The Morgan fingerprint density at radius 2 is 1.85 bits per heavy atom. The molecular weight excluding hydrogens is 186 g/mol. The Morgan fingerprint density at radius 1 is 1.31 bits per heavy atom. The van der Waals surface area contributed by atoms with Crippen LogP contribution in [0.2, 0.25) is 0 Å². The standard InChI is InChI=1S/C9H12NO2S/c1-10(2)13(11,12)8-9-6-4-3-5-7-9/h4-7H,8H2,1-2H3. The number of sulfonamides is 1. The summed E-state index contributed by atoms with van der Waals surface area (Å²) in [5.41, 5.74) is 0.785. The van der Waals surface area contributed by atoms with Gasteiger partial charge in [0.15, 0.2) is 0 Å². The minimum Gasteiger partial charge on any atom is -0.212 e. The van der Waals surface area contributed by atoms with Crippen molar-refractivity contribution in [2.75, 3.05) is 14.1 Å². The topological polar surface area (TPSA) is 37.4 Å². The molecule has 1 aromatic carbocycles. The van der Waals surface area contributed by atoms with Crippen LogP contribution in [0.25, 0.3) is 0 Å². The van der Waals surface area contributed by atoms with Crippen LogP contribution in [-0.4, -0.2) is 26.8 Å². The molecule has 0 saturated carbocycles. The first-order valence-corrected chi connectivity index (χ1v) is 5.48. The van der Waals surface area contributed by atoms with E-state index < -0.39 is 10.0 Å². The summed E-state index contributed by atoms with van der Waals surface area (Å²) in [6.45, 7) is 0. The Labute approximate surface area is 79.0 Å². The first-order valence-electron chi connectivity index (χ1n) is 3.87. The van der Waals surface area contributed by atoms with Gasteiger partial charge in [-0.3, -0.25) is 0 Å². The van der Waals surface area contributed by atoms with Crippen molar-refractivity contribution in [3.05, 3.63) is 35.9 Å². The molecule has 0 unspecified atom stereocenters. The van der Waals surface area contributed by atoms with Gasteiger partial charge in [0.05, 0.1) is 5.75 Å². The van der Waals surface area contributed by atoms with Crippen LogP contribution in [-0.2, 0) is 15.8 Å². The van der Waals surface area contributed by atoms with Gasteiger partial charge in [-0.1, -0.05) is 24.3 Å². The monoisotopic (exact) mass is 198 g/mol. The van der Waals surface area contributed by atoms with Gasteiger partial charge in [-0.25, -0.2) is 12.7 Å². The molecule has 0 aromatic heterocycles. The van der Waals surface area contributed by atoms with E-state index in [0.29, 0.717) is 0 Å². The number of rotatable bonds is 3. The fraction of sp³-hybridized carbons (Fsp3) is 0.333. The van der Waals surface area contributed by atoms with E-state index in [0.717, 1.165) is 5.56 Å². The van der Waals surface area contributed by atoms with Crippen LogP contribution in [0.5, 0.6) is 0 Å². The van der Waals surface area contributed by atoms with Crippen molar-refractivity contribution in [3.63, 3.8) is 0 Å². The zero-order valence-corrected chi connectivity index (χ0v) is 8.50. The van der Waals surface area contributed by atoms with Crippen LogP contribution in [0.15, 0.2) is 24.3 Å². The summed E-state index contributed by atoms with van der Waals surface area (Å²) in [5.74, 6) is 0.0503. The lowest BCUT2D eigenvalue weighted by Crippen LogP contribution is -2.23. The fourth-order valence-corrected chi connectivity index (χ4v) is 1.73. The van der Waals surface area contributed by atoms with Crippen LogP contribution < -0.4 is 0 Å². The average Bonchev–Trinajstić information content (AvgIpc) is 2.05. The second kappa shape index (κ2) is 3.89. The van der Waals surface area contributed by atoms with Gasteiger partial charge in [-0.15, -0.1) is 0 Å². The van der Waals surface area contributed by atoms with Crippen molar-refractivity contribution in [1.82, 2.24) is 4.31 Å². The lowest BCUT2D eigenvalue weighted by molar-refractivity contribution is 0.520. The van der Waals surface area contributed by atoms with Gasteiger partial charge in [0, 0.05) is 14.1 Å². The summed E-state index contributed by atoms with van der Waals surface area (Å²) in [7, 11) is -0.0675. The van der Waals surface area contributed by atoms with Gasteiger partial charge < -0.3 is 0 Å². The molecule has 0 N–H and O–H groups in total. The third-order valence-electron chi connectivity index (χ3n) is 1.69. The molecule has 1 aromatic rings.